The van der Waals surface area contributed by atoms with E-state index in [0.29, 0.717) is 30.1 Å². The van der Waals surface area contributed by atoms with Gasteiger partial charge in [-0.25, -0.2) is 13.9 Å². The summed E-state index contributed by atoms with van der Waals surface area (Å²) in [5.41, 5.74) is 2.47. The number of benzene rings is 1. The first-order valence-electron chi connectivity index (χ1n) is 10.8. The van der Waals surface area contributed by atoms with Gasteiger partial charge in [0.05, 0.1) is 5.56 Å². The molecule has 0 fully saturated rings. The number of pyridine rings is 1. The van der Waals surface area contributed by atoms with Crippen LogP contribution in [0.15, 0.2) is 51.9 Å². The van der Waals surface area contributed by atoms with Crippen LogP contribution >= 0.6 is 0 Å². The molecule has 4 rings (SSSR count). The molecule has 0 radical (unpaired) electrons. The van der Waals surface area contributed by atoms with E-state index in [9.17, 15) is 9.59 Å². The van der Waals surface area contributed by atoms with Crippen molar-refractivity contribution in [3.8, 4) is 22.8 Å². The number of aryl methyl sites for hydroxylation is 1. The minimum Gasteiger partial charge on any atom is -0.341 e. The highest BCUT2D eigenvalue weighted by Gasteiger charge is 2.20. The Morgan fingerprint density at radius 2 is 1.81 bits per heavy atom. The maximum atomic E-state index is 12.9. The number of nitrogens with zero attached hydrogens (tertiary/aromatic N) is 6. The second-order valence-electron chi connectivity index (χ2n) is 7.73. The summed E-state index contributed by atoms with van der Waals surface area (Å²) in [5, 5.41) is 8.49. The van der Waals surface area contributed by atoms with Gasteiger partial charge in [-0.2, -0.15) is 4.98 Å². The lowest BCUT2D eigenvalue weighted by molar-refractivity contribution is -0.132. The number of aromatic nitrogens is 5. The molecule has 4 aromatic rings. The van der Waals surface area contributed by atoms with Crippen molar-refractivity contribution in [1.82, 2.24) is 29.2 Å². The molecule has 1 aromatic carbocycles. The molecule has 0 aliphatic carbocycles. The standard InChI is InChI=1S/C23H26N6O3/c1-4-12-27(13-5-2)19(30)15-29-23(31)28-14-6-7-18(21(28)25-29)22-24-20(26-32-22)17-10-8-16(3)9-11-17/h6-11,14H,4-5,12-13,15H2,1-3H3. The summed E-state index contributed by atoms with van der Waals surface area (Å²) in [4.78, 5) is 31.9. The lowest BCUT2D eigenvalue weighted by Crippen LogP contribution is -2.37. The molecule has 1 amide bonds. The third-order valence-electron chi connectivity index (χ3n) is 5.20. The maximum absolute atomic E-state index is 12.9. The molecule has 3 aromatic heterocycles. The van der Waals surface area contributed by atoms with Crippen LogP contribution in [0.5, 0.6) is 0 Å². The third kappa shape index (κ3) is 4.18. The Morgan fingerprint density at radius 3 is 2.50 bits per heavy atom. The summed E-state index contributed by atoms with van der Waals surface area (Å²) >= 11 is 0. The van der Waals surface area contributed by atoms with E-state index in [1.807, 2.05) is 45.0 Å². The Hall–Kier alpha value is -3.75. The molecule has 0 aliphatic heterocycles. The fraction of sp³-hybridized carbons (Fsp3) is 0.348. The van der Waals surface area contributed by atoms with Crippen LogP contribution in [0.1, 0.15) is 32.3 Å². The fourth-order valence-corrected chi connectivity index (χ4v) is 3.59. The smallest absolute Gasteiger partial charge is 0.341 e. The Kier molecular flexibility index (Phi) is 6.16. The lowest BCUT2D eigenvalue weighted by Gasteiger charge is -2.20. The average Bonchev–Trinajstić information content (AvgIpc) is 3.40. The number of carbonyl (C=O) groups excluding carboxylic acids is 1. The van der Waals surface area contributed by atoms with E-state index >= 15 is 0 Å². The Labute approximate surface area is 185 Å². The highest BCUT2D eigenvalue weighted by Crippen LogP contribution is 2.24. The Morgan fingerprint density at radius 1 is 1.09 bits per heavy atom. The molecular formula is C23H26N6O3. The van der Waals surface area contributed by atoms with Gasteiger partial charge >= 0.3 is 5.69 Å². The van der Waals surface area contributed by atoms with Gasteiger partial charge in [0.25, 0.3) is 5.89 Å². The monoisotopic (exact) mass is 434 g/mol. The third-order valence-corrected chi connectivity index (χ3v) is 5.20. The van der Waals surface area contributed by atoms with Crippen LogP contribution in [0, 0.1) is 6.92 Å². The van der Waals surface area contributed by atoms with Crippen molar-refractivity contribution in [3.05, 3.63) is 58.6 Å². The molecule has 0 bridgehead atoms. The van der Waals surface area contributed by atoms with E-state index in [-0.39, 0.29) is 24.0 Å². The van der Waals surface area contributed by atoms with Crippen LogP contribution in [0.4, 0.5) is 0 Å². The normalized spacial score (nSPS) is 11.2. The Bertz CT molecular complexity index is 1280. The van der Waals surface area contributed by atoms with Crippen molar-refractivity contribution < 1.29 is 9.32 Å². The van der Waals surface area contributed by atoms with Crippen molar-refractivity contribution in [3.63, 3.8) is 0 Å². The first kappa shape index (κ1) is 21.5. The summed E-state index contributed by atoms with van der Waals surface area (Å²) in [7, 11) is 0. The zero-order valence-electron chi connectivity index (χ0n) is 18.5. The van der Waals surface area contributed by atoms with E-state index in [2.05, 4.69) is 15.2 Å². The van der Waals surface area contributed by atoms with Gasteiger partial charge in [-0.1, -0.05) is 48.8 Å². The van der Waals surface area contributed by atoms with Crippen LogP contribution in [0.2, 0.25) is 0 Å². The van der Waals surface area contributed by atoms with Crippen LogP contribution < -0.4 is 5.69 Å². The summed E-state index contributed by atoms with van der Waals surface area (Å²) in [6, 6.07) is 11.3. The predicted molar refractivity (Wildman–Crippen MR) is 120 cm³/mol. The van der Waals surface area contributed by atoms with E-state index in [4.69, 9.17) is 4.52 Å². The first-order chi connectivity index (χ1) is 15.5. The van der Waals surface area contributed by atoms with E-state index in [1.54, 1.807) is 23.2 Å². The minimum atomic E-state index is -0.388. The van der Waals surface area contributed by atoms with Crippen molar-refractivity contribution >= 4 is 11.6 Å². The van der Waals surface area contributed by atoms with E-state index < -0.39 is 0 Å². The molecule has 3 heterocycles. The first-order valence-corrected chi connectivity index (χ1v) is 10.8. The number of hydrogen-bond acceptors (Lipinski definition) is 6. The number of hydrogen-bond donors (Lipinski definition) is 0. The zero-order chi connectivity index (χ0) is 22.7. The Balaban J connectivity index is 1.67. The lowest BCUT2D eigenvalue weighted by atomic mass is 10.1. The highest BCUT2D eigenvalue weighted by atomic mass is 16.5. The number of carbonyl (C=O) groups is 1. The second kappa shape index (κ2) is 9.17. The van der Waals surface area contributed by atoms with Gasteiger partial charge in [0.15, 0.2) is 5.65 Å². The quantitative estimate of drug-likeness (QED) is 0.422. The van der Waals surface area contributed by atoms with E-state index in [0.717, 1.165) is 24.0 Å². The molecule has 0 atom stereocenters. The molecule has 0 aliphatic rings. The van der Waals surface area contributed by atoms with Gasteiger partial charge < -0.3 is 9.42 Å². The highest BCUT2D eigenvalue weighted by molar-refractivity contribution is 5.76. The number of rotatable bonds is 8. The fourth-order valence-electron chi connectivity index (χ4n) is 3.59. The van der Waals surface area contributed by atoms with Gasteiger partial charge in [-0.3, -0.25) is 4.79 Å². The molecule has 9 nitrogen and oxygen atoms in total. The zero-order valence-corrected chi connectivity index (χ0v) is 18.5. The molecule has 0 saturated carbocycles. The average molecular weight is 435 g/mol. The van der Waals surface area contributed by atoms with Gasteiger partial charge in [-0.15, -0.1) is 5.10 Å². The van der Waals surface area contributed by atoms with Gasteiger partial charge in [-0.05, 0) is 31.9 Å². The van der Waals surface area contributed by atoms with Crippen LogP contribution in [-0.4, -0.2) is 48.2 Å². The van der Waals surface area contributed by atoms with Gasteiger partial charge in [0, 0.05) is 24.8 Å². The summed E-state index contributed by atoms with van der Waals surface area (Å²) in [6.07, 6.45) is 3.33. The molecule has 9 heteroatoms. The predicted octanol–water partition coefficient (Wildman–Crippen LogP) is 3.17. The van der Waals surface area contributed by atoms with Gasteiger partial charge in [0.1, 0.15) is 6.54 Å². The second-order valence-corrected chi connectivity index (χ2v) is 7.73. The molecular weight excluding hydrogens is 408 g/mol. The van der Waals surface area contributed by atoms with Crippen molar-refractivity contribution in [2.24, 2.45) is 0 Å². The maximum Gasteiger partial charge on any atom is 0.350 e. The van der Waals surface area contributed by atoms with Crippen LogP contribution in [0.25, 0.3) is 28.5 Å². The summed E-state index contributed by atoms with van der Waals surface area (Å²) in [6.45, 7) is 7.25. The molecule has 0 unspecified atom stereocenters. The van der Waals surface area contributed by atoms with Crippen molar-refractivity contribution in [1.29, 1.82) is 0 Å². The molecule has 32 heavy (non-hydrogen) atoms. The SMILES string of the molecule is CCCN(CCC)C(=O)Cn1nc2c(-c3nc(-c4ccc(C)cc4)no3)cccn2c1=O. The van der Waals surface area contributed by atoms with Crippen LogP contribution in [-0.2, 0) is 11.3 Å². The van der Waals surface area contributed by atoms with Crippen molar-refractivity contribution in [2.75, 3.05) is 13.1 Å². The topological polar surface area (TPSA) is 98.5 Å². The number of amides is 1. The van der Waals surface area contributed by atoms with Gasteiger partial charge in [0.2, 0.25) is 11.7 Å². The molecule has 0 spiro atoms. The molecule has 166 valence electrons. The molecule has 0 saturated heterocycles. The molecule has 0 N–H and O–H groups in total. The largest absolute Gasteiger partial charge is 0.350 e. The van der Waals surface area contributed by atoms with E-state index in [1.165, 1.54) is 9.08 Å². The summed E-state index contributed by atoms with van der Waals surface area (Å²) < 4.78 is 8.06. The van der Waals surface area contributed by atoms with Crippen molar-refractivity contribution in [2.45, 2.75) is 40.2 Å². The minimum absolute atomic E-state index is 0.113. The van der Waals surface area contributed by atoms with Crippen LogP contribution in [0.3, 0.4) is 0 Å². The summed E-state index contributed by atoms with van der Waals surface area (Å²) in [5.74, 6) is 0.585. The number of fused-ring (bicyclic) bond motifs is 1.